The van der Waals surface area contributed by atoms with Crippen LogP contribution in [0.4, 0.5) is 11.4 Å². The van der Waals surface area contributed by atoms with Gasteiger partial charge in [-0.05, 0) is 32.0 Å². The van der Waals surface area contributed by atoms with E-state index in [0.717, 1.165) is 0 Å². The summed E-state index contributed by atoms with van der Waals surface area (Å²) in [5.74, 6) is -0.267. The Kier molecular flexibility index (Phi) is 6.62. The number of hydrogen-bond acceptors (Lipinski definition) is 4. The highest BCUT2D eigenvalue weighted by Gasteiger charge is 2.06. The average molecular weight is 287 g/mol. The normalized spacial score (nSPS) is 10.7. The van der Waals surface area contributed by atoms with Gasteiger partial charge in [0.15, 0.2) is 0 Å². The summed E-state index contributed by atoms with van der Waals surface area (Å²) in [4.78, 5) is 11.6. The van der Waals surface area contributed by atoms with E-state index in [1.807, 2.05) is 13.8 Å². The van der Waals surface area contributed by atoms with Crippen LogP contribution in [-0.2, 0) is 14.3 Å². The highest BCUT2D eigenvalue weighted by molar-refractivity contribution is 6.34. The van der Waals surface area contributed by atoms with Crippen molar-refractivity contribution in [2.24, 2.45) is 0 Å². The standard InChI is InChI=1S/C13H19ClN2O3/c1-9(2)19-6-5-18-8-13(17)16-12-4-3-10(15)7-11(12)14/h3-4,7,9H,5-6,8,15H2,1-2H3,(H,16,17). The maximum Gasteiger partial charge on any atom is 0.250 e. The number of nitrogens with two attached hydrogens (primary N) is 1. The lowest BCUT2D eigenvalue weighted by Crippen LogP contribution is -2.20. The van der Waals surface area contributed by atoms with Gasteiger partial charge in [-0.15, -0.1) is 0 Å². The molecule has 0 radical (unpaired) electrons. The third kappa shape index (κ3) is 6.42. The number of carbonyl (C=O) groups is 1. The van der Waals surface area contributed by atoms with Crippen LogP contribution >= 0.6 is 11.6 Å². The summed E-state index contributed by atoms with van der Waals surface area (Å²) in [6, 6.07) is 4.89. The van der Waals surface area contributed by atoms with Gasteiger partial charge in [-0.2, -0.15) is 0 Å². The third-order valence-electron chi connectivity index (χ3n) is 2.18. The summed E-state index contributed by atoms with van der Waals surface area (Å²) in [7, 11) is 0. The number of nitrogen functional groups attached to an aromatic ring is 1. The van der Waals surface area contributed by atoms with Crippen molar-refractivity contribution in [2.45, 2.75) is 20.0 Å². The van der Waals surface area contributed by atoms with Crippen molar-refractivity contribution < 1.29 is 14.3 Å². The molecule has 1 aromatic rings. The lowest BCUT2D eigenvalue weighted by molar-refractivity contribution is -0.121. The molecule has 0 aliphatic carbocycles. The fourth-order valence-corrected chi connectivity index (χ4v) is 1.56. The van der Waals surface area contributed by atoms with Gasteiger partial charge in [0.25, 0.3) is 0 Å². The summed E-state index contributed by atoms with van der Waals surface area (Å²) in [6.45, 7) is 4.68. The van der Waals surface area contributed by atoms with Gasteiger partial charge in [0.05, 0.1) is 30.0 Å². The number of rotatable bonds is 7. The van der Waals surface area contributed by atoms with Gasteiger partial charge in [-0.1, -0.05) is 11.6 Å². The van der Waals surface area contributed by atoms with Crippen molar-refractivity contribution in [3.05, 3.63) is 23.2 Å². The molecule has 0 saturated carbocycles. The fraction of sp³-hybridized carbons (Fsp3) is 0.462. The number of benzene rings is 1. The molecule has 0 aromatic heterocycles. The number of anilines is 2. The Morgan fingerprint density at radius 3 is 2.79 bits per heavy atom. The van der Waals surface area contributed by atoms with E-state index >= 15 is 0 Å². The summed E-state index contributed by atoms with van der Waals surface area (Å²) in [5.41, 5.74) is 6.62. The molecule has 0 saturated heterocycles. The predicted octanol–water partition coefficient (Wildman–Crippen LogP) is 2.30. The molecule has 5 nitrogen and oxygen atoms in total. The van der Waals surface area contributed by atoms with Crippen LogP contribution in [0.5, 0.6) is 0 Å². The van der Waals surface area contributed by atoms with E-state index in [1.165, 1.54) is 0 Å². The van der Waals surface area contributed by atoms with Gasteiger partial charge in [0, 0.05) is 5.69 Å². The van der Waals surface area contributed by atoms with E-state index in [-0.39, 0.29) is 18.6 Å². The van der Waals surface area contributed by atoms with Crippen LogP contribution in [0.15, 0.2) is 18.2 Å². The average Bonchev–Trinajstić information content (AvgIpc) is 2.32. The molecule has 3 N–H and O–H groups in total. The minimum Gasteiger partial charge on any atom is -0.399 e. The Balaban J connectivity index is 2.27. The molecule has 106 valence electrons. The first-order chi connectivity index (χ1) is 8.99. The fourth-order valence-electron chi connectivity index (χ4n) is 1.33. The predicted molar refractivity (Wildman–Crippen MR) is 76.4 cm³/mol. The molecule has 0 unspecified atom stereocenters. The van der Waals surface area contributed by atoms with Crippen molar-refractivity contribution in [3.63, 3.8) is 0 Å². The number of carbonyl (C=O) groups excluding carboxylic acids is 1. The van der Waals surface area contributed by atoms with Gasteiger partial charge in [-0.25, -0.2) is 0 Å². The van der Waals surface area contributed by atoms with E-state index in [1.54, 1.807) is 18.2 Å². The van der Waals surface area contributed by atoms with Crippen LogP contribution in [0.3, 0.4) is 0 Å². The second-order valence-electron chi connectivity index (χ2n) is 4.26. The Labute approximate surface area is 118 Å². The first-order valence-corrected chi connectivity index (χ1v) is 6.41. The zero-order valence-electron chi connectivity index (χ0n) is 11.1. The minimum absolute atomic E-state index is 0.0395. The third-order valence-corrected chi connectivity index (χ3v) is 2.49. The second kappa shape index (κ2) is 7.99. The summed E-state index contributed by atoms with van der Waals surface area (Å²) in [6.07, 6.45) is 0.158. The zero-order valence-corrected chi connectivity index (χ0v) is 11.9. The van der Waals surface area contributed by atoms with Crippen molar-refractivity contribution in [3.8, 4) is 0 Å². The largest absolute Gasteiger partial charge is 0.399 e. The maximum absolute atomic E-state index is 11.6. The molecule has 1 amide bonds. The van der Waals surface area contributed by atoms with Gasteiger partial charge in [0.2, 0.25) is 5.91 Å². The van der Waals surface area contributed by atoms with Crippen LogP contribution in [0, 0.1) is 0 Å². The number of nitrogens with one attached hydrogen (secondary N) is 1. The van der Waals surface area contributed by atoms with Crippen LogP contribution in [0.1, 0.15) is 13.8 Å². The van der Waals surface area contributed by atoms with E-state index in [0.29, 0.717) is 29.6 Å². The van der Waals surface area contributed by atoms with Gasteiger partial charge in [0.1, 0.15) is 6.61 Å². The van der Waals surface area contributed by atoms with E-state index < -0.39 is 0 Å². The zero-order chi connectivity index (χ0) is 14.3. The van der Waals surface area contributed by atoms with E-state index in [4.69, 9.17) is 26.8 Å². The molecule has 0 atom stereocenters. The first-order valence-electron chi connectivity index (χ1n) is 6.03. The monoisotopic (exact) mass is 286 g/mol. The molecule has 19 heavy (non-hydrogen) atoms. The highest BCUT2D eigenvalue weighted by Crippen LogP contribution is 2.23. The topological polar surface area (TPSA) is 73.6 Å². The molecule has 0 aliphatic heterocycles. The molecule has 6 heteroatoms. The minimum atomic E-state index is -0.267. The van der Waals surface area contributed by atoms with Crippen LogP contribution in [0.25, 0.3) is 0 Å². The Bertz CT molecular complexity index is 424. The smallest absolute Gasteiger partial charge is 0.250 e. The molecule has 0 spiro atoms. The SMILES string of the molecule is CC(C)OCCOCC(=O)Nc1ccc(N)cc1Cl. The molecule has 1 rings (SSSR count). The second-order valence-corrected chi connectivity index (χ2v) is 4.67. The Morgan fingerprint density at radius 2 is 2.16 bits per heavy atom. The van der Waals surface area contributed by atoms with Crippen LogP contribution in [-0.4, -0.2) is 31.8 Å². The Morgan fingerprint density at radius 1 is 1.42 bits per heavy atom. The van der Waals surface area contributed by atoms with E-state index in [2.05, 4.69) is 5.32 Å². The molecule has 0 bridgehead atoms. The van der Waals surface area contributed by atoms with Crippen molar-refractivity contribution in [1.29, 1.82) is 0 Å². The molecular formula is C13H19ClN2O3. The lowest BCUT2D eigenvalue weighted by Gasteiger charge is -2.09. The molecular weight excluding hydrogens is 268 g/mol. The lowest BCUT2D eigenvalue weighted by atomic mass is 10.3. The first kappa shape index (κ1) is 15.8. The van der Waals surface area contributed by atoms with Crippen molar-refractivity contribution in [2.75, 3.05) is 30.9 Å². The molecule has 0 aliphatic rings. The molecule has 1 aromatic carbocycles. The Hall–Kier alpha value is -1.30. The quantitative estimate of drug-likeness (QED) is 0.596. The van der Waals surface area contributed by atoms with Crippen molar-refractivity contribution >= 4 is 28.9 Å². The van der Waals surface area contributed by atoms with E-state index in [9.17, 15) is 4.79 Å². The van der Waals surface area contributed by atoms with Gasteiger partial charge in [-0.3, -0.25) is 4.79 Å². The van der Waals surface area contributed by atoms with Crippen molar-refractivity contribution in [1.82, 2.24) is 0 Å². The number of amides is 1. The van der Waals surface area contributed by atoms with Gasteiger partial charge < -0.3 is 20.5 Å². The van der Waals surface area contributed by atoms with Gasteiger partial charge >= 0.3 is 0 Å². The molecule has 0 heterocycles. The number of hydrogen-bond donors (Lipinski definition) is 2. The summed E-state index contributed by atoms with van der Waals surface area (Å²) >= 11 is 5.94. The summed E-state index contributed by atoms with van der Waals surface area (Å²) in [5, 5.41) is 3.04. The van der Waals surface area contributed by atoms with Crippen LogP contribution in [0.2, 0.25) is 5.02 Å². The van der Waals surface area contributed by atoms with Crippen LogP contribution < -0.4 is 11.1 Å². The molecule has 0 fully saturated rings. The maximum atomic E-state index is 11.6. The summed E-state index contributed by atoms with van der Waals surface area (Å²) < 4.78 is 10.5. The number of ether oxygens (including phenoxy) is 2. The number of halogens is 1. The highest BCUT2D eigenvalue weighted by atomic mass is 35.5.